The molecule has 2 heterocycles. The third kappa shape index (κ3) is 5.31. The largest absolute Gasteiger partial charge is 0.416 e. The van der Waals surface area contributed by atoms with E-state index in [2.05, 4.69) is 15.2 Å². The molecule has 0 saturated carbocycles. The molecule has 2 atom stereocenters. The zero-order valence-corrected chi connectivity index (χ0v) is 20.1. The second-order valence-corrected chi connectivity index (χ2v) is 8.71. The molecule has 9 nitrogen and oxygen atoms in total. The second-order valence-electron chi connectivity index (χ2n) is 7.86. The number of aliphatic hydroxyl groups excluding tert-OH is 2. The number of hydrogen-bond donors (Lipinski definition) is 2. The number of hydrogen-bond acceptors (Lipinski definition) is 6. The lowest BCUT2D eigenvalue weighted by molar-refractivity contribution is -0.207. The first-order valence-corrected chi connectivity index (χ1v) is 11.3. The summed E-state index contributed by atoms with van der Waals surface area (Å²) >= 11 is 12.2. The van der Waals surface area contributed by atoms with Crippen molar-refractivity contribution in [1.29, 1.82) is 0 Å². The fourth-order valence-corrected chi connectivity index (χ4v) is 3.78. The minimum atomic E-state index is -4.94. The van der Waals surface area contributed by atoms with E-state index < -0.39 is 30.6 Å². The predicted molar refractivity (Wildman–Crippen MR) is 125 cm³/mol. The number of nitrogens with zero attached hydrogens (tertiary/aromatic N) is 6. The van der Waals surface area contributed by atoms with Gasteiger partial charge in [0.05, 0.1) is 17.3 Å². The Kier molecular flexibility index (Phi) is 7.23. The Morgan fingerprint density at radius 1 is 1.03 bits per heavy atom. The lowest BCUT2D eigenvalue weighted by Crippen LogP contribution is -2.37. The molecule has 0 aliphatic rings. The van der Waals surface area contributed by atoms with E-state index in [1.807, 2.05) is 0 Å². The van der Waals surface area contributed by atoms with E-state index in [9.17, 15) is 28.2 Å². The summed E-state index contributed by atoms with van der Waals surface area (Å²) in [6.07, 6.45) is -8.79. The molecule has 0 aliphatic heterocycles. The van der Waals surface area contributed by atoms with Gasteiger partial charge in [-0.25, -0.2) is 19.1 Å². The van der Waals surface area contributed by atoms with Gasteiger partial charge in [-0.3, -0.25) is 4.57 Å². The summed E-state index contributed by atoms with van der Waals surface area (Å²) in [5.74, 6) is 0.0776. The highest BCUT2D eigenvalue weighted by Gasteiger charge is 2.39. The molecule has 1 unspecified atom stereocenters. The number of rotatable bonds is 7. The number of para-hydroxylation sites is 1. The van der Waals surface area contributed by atoms with Crippen LogP contribution in [0.1, 0.15) is 24.7 Å². The van der Waals surface area contributed by atoms with E-state index in [-0.39, 0.29) is 24.0 Å². The first kappa shape index (κ1) is 25.9. The van der Waals surface area contributed by atoms with Gasteiger partial charge in [-0.05, 0) is 43.3 Å². The molecule has 0 radical (unpaired) electrons. The fraction of sp³-hybridized carbons (Fsp3) is 0.273. The van der Waals surface area contributed by atoms with Crippen molar-refractivity contribution in [2.45, 2.75) is 38.4 Å². The normalized spacial score (nSPS) is 13.7. The minimum absolute atomic E-state index is 0.0524. The Bertz CT molecular complexity index is 1430. The summed E-state index contributed by atoms with van der Waals surface area (Å²) < 4.78 is 42.1. The predicted octanol–water partition coefficient (Wildman–Crippen LogP) is 3.62. The average molecular weight is 543 g/mol. The van der Waals surface area contributed by atoms with Crippen molar-refractivity contribution in [3.05, 3.63) is 80.7 Å². The maximum Gasteiger partial charge on any atom is 0.416 e. The maximum absolute atomic E-state index is 13.1. The maximum atomic E-state index is 13.1. The van der Waals surface area contributed by atoms with Crippen LogP contribution in [-0.2, 0) is 13.1 Å². The van der Waals surface area contributed by atoms with Crippen LogP contribution in [0.25, 0.3) is 17.1 Å². The van der Waals surface area contributed by atoms with E-state index in [0.717, 1.165) is 9.25 Å². The van der Waals surface area contributed by atoms with Crippen LogP contribution in [0.5, 0.6) is 0 Å². The number of aliphatic hydroxyl groups is 2. The molecule has 4 rings (SSSR count). The van der Waals surface area contributed by atoms with Crippen molar-refractivity contribution in [2.24, 2.45) is 0 Å². The van der Waals surface area contributed by atoms with Crippen molar-refractivity contribution in [2.75, 3.05) is 0 Å². The van der Waals surface area contributed by atoms with Crippen LogP contribution in [0.15, 0.2) is 53.3 Å². The number of alkyl halides is 3. The smallest absolute Gasteiger partial charge is 0.385 e. The van der Waals surface area contributed by atoms with E-state index in [4.69, 9.17) is 23.2 Å². The molecule has 14 heteroatoms. The van der Waals surface area contributed by atoms with Gasteiger partial charge in [0.2, 0.25) is 0 Å². The zero-order chi connectivity index (χ0) is 26.2. The molecule has 0 spiro atoms. The van der Waals surface area contributed by atoms with E-state index in [0.29, 0.717) is 21.3 Å². The van der Waals surface area contributed by atoms with Gasteiger partial charge in [0.15, 0.2) is 23.6 Å². The molecule has 0 amide bonds. The summed E-state index contributed by atoms with van der Waals surface area (Å²) in [5.41, 5.74) is -0.179. The summed E-state index contributed by atoms with van der Waals surface area (Å²) in [7, 11) is 0. The monoisotopic (exact) mass is 542 g/mol. The van der Waals surface area contributed by atoms with Gasteiger partial charge in [0.1, 0.15) is 12.6 Å². The summed E-state index contributed by atoms with van der Waals surface area (Å²) in [6, 6.07) is 12.7. The number of halogens is 5. The van der Waals surface area contributed by atoms with Gasteiger partial charge in [-0.1, -0.05) is 35.3 Å². The lowest BCUT2D eigenvalue weighted by atomic mass is 10.2. The molecular weight excluding hydrogens is 524 g/mol. The van der Waals surface area contributed by atoms with Crippen LogP contribution in [0.3, 0.4) is 0 Å². The molecule has 4 aromatic rings. The van der Waals surface area contributed by atoms with Crippen LogP contribution in [0.2, 0.25) is 10.0 Å². The lowest BCUT2D eigenvalue weighted by Gasteiger charge is -2.15. The first-order valence-electron chi connectivity index (χ1n) is 10.5. The number of benzene rings is 2. The molecular formula is C22H19Cl2F3N6O3. The summed E-state index contributed by atoms with van der Waals surface area (Å²) in [5, 5.41) is 29.0. The van der Waals surface area contributed by atoms with Gasteiger partial charge in [0.25, 0.3) is 0 Å². The standard InChI is InChI=1S/C22H19Cl2F3N6O3/c1-12(34)19-28-18(29-33(19)16-5-3-2-4-15(16)24)11-32-21(36)31(10-17(35)22(25,26)27)20(30-32)13-6-8-14(23)9-7-13/h2-9,12,17,34-35H,10-11H2,1H3/t12?,17-/m0/s1. The van der Waals surface area contributed by atoms with Crippen LogP contribution < -0.4 is 5.69 Å². The van der Waals surface area contributed by atoms with Crippen molar-refractivity contribution in [3.8, 4) is 17.1 Å². The molecule has 2 aromatic heterocycles. The molecule has 190 valence electrons. The second kappa shape index (κ2) is 10.1. The van der Waals surface area contributed by atoms with Crippen LogP contribution in [-0.4, -0.2) is 51.6 Å². The van der Waals surface area contributed by atoms with Gasteiger partial charge in [-0.2, -0.15) is 13.2 Å². The molecule has 0 bridgehead atoms. The first-order chi connectivity index (χ1) is 17.0. The Labute approximate surface area is 212 Å². The minimum Gasteiger partial charge on any atom is -0.385 e. The molecule has 2 N–H and O–H groups in total. The van der Waals surface area contributed by atoms with Crippen LogP contribution in [0, 0.1) is 0 Å². The van der Waals surface area contributed by atoms with Gasteiger partial charge >= 0.3 is 11.9 Å². The van der Waals surface area contributed by atoms with Crippen molar-refractivity contribution in [1.82, 2.24) is 29.1 Å². The number of aromatic nitrogens is 6. The zero-order valence-electron chi connectivity index (χ0n) is 18.6. The van der Waals surface area contributed by atoms with Gasteiger partial charge < -0.3 is 10.2 Å². The fourth-order valence-electron chi connectivity index (χ4n) is 3.44. The van der Waals surface area contributed by atoms with Crippen LogP contribution >= 0.6 is 23.2 Å². The highest BCUT2D eigenvalue weighted by atomic mass is 35.5. The van der Waals surface area contributed by atoms with Gasteiger partial charge in [0, 0.05) is 10.6 Å². The summed E-state index contributed by atoms with van der Waals surface area (Å²) in [6.45, 7) is 0.0750. The van der Waals surface area contributed by atoms with E-state index in [1.54, 1.807) is 24.3 Å². The summed E-state index contributed by atoms with van der Waals surface area (Å²) in [4.78, 5) is 17.3. The van der Waals surface area contributed by atoms with Crippen molar-refractivity contribution in [3.63, 3.8) is 0 Å². The quantitative estimate of drug-likeness (QED) is 0.369. The molecule has 0 aliphatic carbocycles. The molecule has 2 aromatic carbocycles. The Balaban J connectivity index is 1.78. The SMILES string of the molecule is CC(O)c1nc(Cn2nc(-c3ccc(Cl)cc3)n(C[C@H](O)C(F)(F)F)c2=O)nn1-c1ccccc1Cl. The third-order valence-electron chi connectivity index (χ3n) is 5.18. The highest BCUT2D eigenvalue weighted by Crippen LogP contribution is 2.25. The highest BCUT2D eigenvalue weighted by molar-refractivity contribution is 6.32. The van der Waals surface area contributed by atoms with E-state index in [1.165, 1.54) is 35.9 Å². The van der Waals surface area contributed by atoms with Gasteiger partial charge in [-0.15, -0.1) is 10.2 Å². The van der Waals surface area contributed by atoms with Crippen molar-refractivity contribution < 1.29 is 23.4 Å². The Morgan fingerprint density at radius 3 is 2.31 bits per heavy atom. The van der Waals surface area contributed by atoms with E-state index >= 15 is 0 Å². The average Bonchev–Trinajstić information content (AvgIpc) is 3.36. The molecule has 0 saturated heterocycles. The third-order valence-corrected chi connectivity index (χ3v) is 5.75. The Hall–Kier alpha value is -3.19. The molecule has 0 fully saturated rings. The molecule has 36 heavy (non-hydrogen) atoms. The topological polar surface area (TPSA) is 111 Å². The van der Waals surface area contributed by atoms with Crippen LogP contribution in [0.4, 0.5) is 13.2 Å². The Morgan fingerprint density at radius 2 is 1.69 bits per heavy atom. The van der Waals surface area contributed by atoms with Crippen molar-refractivity contribution >= 4 is 23.2 Å².